The zero-order chi connectivity index (χ0) is 18.6. The van der Waals surface area contributed by atoms with E-state index in [0.29, 0.717) is 24.6 Å². The van der Waals surface area contributed by atoms with Gasteiger partial charge in [-0.15, -0.1) is 0 Å². The minimum atomic E-state index is -3.89. The second kappa shape index (κ2) is 7.76. The first-order valence-corrected chi connectivity index (χ1v) is 9.76. The zero-order valence-corrected chi connectivity index (χ0v) is 15.0. The van der Waals surface area contributed by atoms with Crippen LogP contribution in [-0.2, 0) is 28.0 Å². The topological polar surface area (TPSA) is 102 Å². The number of nitrogens with two attached hydrogens (primary N) is 1. The molecule has 1 fully saturated rings. The van der Waals surface area contributed by atoms with Gasteiger partial charge in [-0.25, -0.2) is 9.03 Å². The highest BCUT2D eigenvalue weighted by atomic mass is 32.2. The van der Waals surface area contributed by atoms with E-state index >= 15 is 0 Å². The third kappa shape index (κ3) is 4.14. The average Bonchev–Trinajstić information content (AvgIpc) is 2.91. The lowest BCUT2D eigenvalue weighted by atomic mass is 10.1. The third-order valence-corrected chi connectivity index (χ3v) is 5.41. The number of aryl methyl sites for hydroxylation is 1. The molecule has 2 aromatic rings. The highest BCUT2D eigenvalue weighted by Gasteiger charge is 2.35. The predicted octanol–water partition coefficient (Wildman–Crippen LogP) is 1.34. The molecule has 1 aliphatic rings. The first kappa shape index (κ1) is 18.2. The molecule has 0 saturated carbocycles. The second-order valence-corrected chi connectivity index (χ2v) is 7.60. The molecule has 0 spiro atoms. The maximum Gasteiger partial charge on any atom is 0.326 e. The lowest BCUT2D eigenvalue weighted by Crippen LogP contribution is -2.29. The number of hydrogen-bond acceptors (Lipinski definition) is 5. The van der Waals surface area contributed by atoms with Crippen LogP contribution in [0.25, 0.3) is 0 Å². The molecule has 1 amide bonds. The van der Waals surface area contributed by atoms with E-state index in [1.54, 1.807) is 6.07 Å². The van der Waals surface area contributed by atoms with Crippen LogP contribution >= 0.6 is 0 Å². The quantitative estimate of drug-likeness (QED) is 0.760. The van der Waals surface area contributed by atoms with Gasteiger partial charge >= 0.3 is 10.2 Å². The number of amides is 1. The largest absolute Gasteiger partial charge is 0.487 e. The van der Waals surface area contributed by atoms with Crippen LogP contribution in [0.4, 0.5) is 5.69 Å². The Balaban J connectivity index is 1.91. The molecule has 0 bridgehead atoms. The zero-order valence-electron chi connectivity index (χ0n) is 14.2. The minimum Gasteiger partial charge on any atom is -0.487 e. The van der Waals surface area contributed by atoms with Crippen LogP contribution in [0, 0.1) is 0 Å². The fraction of sp³-hybridized carbons (Fsp3) is 0.278. The highest BCUT2D eigenvalue weighted by Crippen LogP contribution is 2.33. The molecular weight excluding hydrogens is 354 g/mol. The maximum atomic E-state index is 12.2. The predicted molar refractivity (Wildman–Crippen MR) is 99.0 cm³/mol. The van der Waals surface area contributed by atoms with Crippen molar-refractivity contribution >= 4 is 21.8 Å². The maximum absolute atomic E-state index is 12.2. The molecule has 1 saturated heterocycles. The lowest BCUT2D eigenvalue weighted by molar-refractivity contribution is -0.117. The Bertz CT molecular complexity index is 885. The van der Waals surface area contributed by atoms with Crippen LogP contribution < -0.4 is 19.5 Å². The lowest BCUT2D eigenvalue weighted by Gasteiger charge is -2.20. The summed E-state index contributed by atoms with van der Waals surface area (Å²) in [5.74, 6) is -0.144. The van der Waals surface area contributed by atoms with Crippen molar-refractivity contribution in [3.8, 4) is 5.75 Å². The van der Waals surface area contributed by atoms with Gasteiger partial charge in [0, 0.05) is 0 Å². The Labute approximate surface area is 152 Å². The van der Waals surface area contributed by atoms with E-state index in [1.165, 1.54) is 0 Å². The number of nitrogens with one attached hydrogen (secondary N) is 1. The summed E-state index contributed by atoms with van der Waals surface area (Å²) in [5.41, 5.74) is 7.87. The van der Waals surface area contributed by atoms with Crippen molar-refractivity contribution in [3.63, 3.8) is 0 Å². The molecule has 0 atom stereocenters. The molecule has 138 valence electrons. The van der Waals surface area contributed by atoms with Gasteiger partial charge in [0.25, 0.3) is 5.91 Å². The van der Waals surface area contributed by atoms with Crippen molar-refractivity contribution in [3.05, 3.63) is 59.7 Å². The number of hydrogen-bond donors (Lipinski definition) is 2. The molecule has 8 heteroatoms. The summed E-state index contributed by atoms with van der Waals surface area (Å²) in [5, 5.41) is 0. The summed E-state index contributed by atoms with van der Waals surface area (Å²) in [7, 11) is -3.89. The van der Waals surface area contributed by atoms with Gasteiger partial charge in [0.05, 0.1) is 5.69 Å². The number of benzene rings is 2. The number of carbonyl (C=O) groups is 1. The third-order valence-electron chi connectivity index (χ3n) is 4.02. The van der Waals surface area contributed by atoms with Crippen molar-refractivity contribution in [1.82, 2.24) is 4.72 Å². The van der Waals surface area contributed by atoms with Crippen LogP contribution in [0.3, 0.4) is 0 Å². The van der Waals surface area contributed by atoms with E-state index in [0.717, 1.165) is 28.3 Å². The molecule has 7 nitrogen and oxygen atoms in total. The fourth-order valence-electron chi connectivity index (χ4n) is 2.74. The highest BCUT2D eigenvalue weighted by molar-refractivity contribution is 7.92. The smallest absolute Gasteiger partial charge is 0.326 e. The number of anilines is 1. The van der Waals surface area contributed by atoms with Gasteiger partial charge < -0.3 is 10.5 Å². The number of rotatable bonds is 7. The molecule has 1 heterocycles. The molecule has 0 aromatic heterocycles. The van der Waals surface area contributed by atoms with Gasteiger partial charge in [0.15, 0.2) is 0 Å². The van der Waals surface area contributed by atoms with Gasteiger partial charge in [-0.2, -0.15) is 8.42 Å². The Morgan fingerprint density at radius 2 is 1.88 bits per heavy atom. The van der Waals surface area contributed by atoms with Crippen LogP contribution in [0.15, 0.2) is 48.5 Å². The molecule has 3 rings (SSSR count). The van der Waals surface area contributed by atoms with Crippen molar-refractivity contribution in [1.29, 1.82) is 0 Å². The summed E-state index contributed by atoms with van der Waals surface area (Å²) in [6.07, 6.45) is 1.59. The van der Waals surface area contributed by atoms with E-state index in [1.807, 2.05) is 47.2 Å². The molecule has 3 N–H and O–H groups in total. The van der Waals surface area contributed by atoms with E-state index in [9.17, 15) is 13.2 Å². The van der Waals surface area contributed by atoms with E-state index in [2.05, 4.69) is 0 Å². The first-order valence-electron chi connectivity index (χ1n) is 8.32. The van der Waals surface area contributed by atoms with Crippen molar-refractivity contribution in [2.75, 3.05) is 17.4 Å². The second-order valence-electron chi connectivity index (χ2n) is 6.01. The Hall–Kier alpha value is -2.58. The molecule has 2 aromatic carbocycles. The average molecular weight is 375 g/mol. The Morgan fingerprint density at radius 3 is 2.54 bits per heavy atom. The molecule has 26 heavy (non-hydrogen) atoms. The van der Waals surface area contributed by atoms with E-state index in [4.69, 9.17) is 10.5 Å². The summed E-state index contributed by atoms with van der Waals surface area (Å²) < 4.78 is 33.3. The molecule has 1 aliphatic heterocycles. The summed E-state index contributed by atoms with van der Waals surface area (Å²) >= 11 is 0. The number of ether oxygens (including phenoxy) is 1. The van der Waals surface area contributed by atoms with Gasteiger partial charge in [-0.1, -0.05) is 36.4 Å². The van der Waals surface area contributed by atoms with Gasteiger partial charge in [-0.3, -0.25) is 4.79 Å². The van der Waals surface area contributed by atoms with Gasteiger partial charge in [0.1, 0.15) is 18.9 Å². The molecular formula is C18H21N3O4S. The first-order chi connectivity index (χ1) is 12.5. The van der Waals surface area contributed by atoms with Crippen molar-refractivity contribution in [2.45, 2.75) is 19.4 Å². The monoisotopic (exact) mass is 375 g/mol. The minimum absolute atomic E-state index is 0.258. The van der Waals surface area contributed by atoms with E-state index in [-0.39, 0.29) is 6.54 Å². The molecule has 0 unspecified atom stereocenters. The summed E-state index contributed by atoms with van der Waals surface area (Å²) in [6, 6.07) is 14.9. The van der Waals surface area contributed by atoms with Gasteiger partial charge in [-0.05, 0) is 42.6 Å². The molecule has 0 radical (unpaired) electrons. The standard InChI is InChI=1S/C18H21N3O4S/c19-10-4-7-14-8-9-16(21-12-18(22)20-26(21,23)24)17(11-14)25-13-15-5-2-1-3-6-15/h1-3,5-6,8-9,11H,4,7,10,12-13,19H2,(H,20,22). The Kier molecular flexibility index (Phi) is 5.43. The summed E-state index contributed by atoms with van der Waals surface area (Å²) in [6.45, 7) is 0.608. The van der Waals surface area contributed by atoms with Crippen LogP contribution in [0.5, 0.6) is 5.75 Å². The fourth-order valence-corrected chi connectivity index (χ4v) is 3.90. The van der Waals surface area contributed by atoms with E-state index < -0.39 is 16.1 Å². The van der Waals surface area contributed by atoms with Crippen LogP contribution in [-0.4, -0.2) is 27.4 Å². The van der Waals surface area contributed by atoms with Crippen molar-refractivity contribution in [2.24, 2.45) is 5.73 Å². The summed E-state index contributed by atoms with van der Waals surface area (Å²) in [4.78, 5) is 11.6. The number of nitrogens with zero attached hydrogens (tertiary/aromatic N) is 1. The van der Waals surface area contributed by atoms with Crippen LogP contribution in [0.1, 0.15) is 17.5 Å². The van der Waals surface area contributed by atoms with Crippen molar-refractivity contribution < 1.29 is 17.9 Å². The molecule has 0 aliphatic carbocycles. The normalized spacial score (nSPS) is 15.7. The van der Waals surface area contributed by atoms with Crippen LogP contribution in [0.2, 0.25) is 0 Å². The van der Waals surface area contributed by atoms with Gasteiger partial charge in [0.2, 0.25) is 0 Å². The number of carbonyl (C=O) groups excluding carboxylic acids is 1. The Morgan fingerprint density at radius 1 is 1.12 bits per heavy atom. The SMILES string of the molecule is NCCCc1ccc(N2CC(=O)NS2(=O)=O)c(OCc2ccccc2)c1.